The summed E-state index contributed by atoms with van der Waals surface area (Å²) in [5, 5.41) is 4.95. The number of para-hydroxylation sites is 1. The minimum atomic E-state index is -0.274. The average Bonchev–Trinajstić information content (AvgIpc) is 2.96. The first-order chi connectivity index (χ1) is 11.7. The van der Waals surface area contributed by atoms with Crippen LogP contribution in [-0.2, 0) is 22.6 Å². The Morgan fingerprint density at radius 3 is 2.92 bits per heavy atom. The normalized spacial score (nSPS) is 10.8. The first kappa shape index (κ1) is 16.5. The molecular weight excluding hydrogens is 374 g/mol. The Morgan fingerprint density at radius 1 is 1.25 bits per heavy atom. The number of halogens is 1. The Hall–Kier alpha value is -2.34. The molecule has 0 aliphatic heterocycles. The molecule has 2 aromatic carbocycles. The Kier molecular flexibility index (Phi) is 5.15. The molecule has 0 fully saturated rings. The smallest absolute Gasteiger partial charge is 0.310 e. The standard InChI is InChI=1S/C18H16BrNO4/c1-2-22-18(21)9-12-5-3-4-6-16(12)23-11-15-14-10-13(19)7-8-17(14)24-20-15/h3-8,10H,2,9,11H2,1H3. The summed E-state index contributed by atoms with van der Waals surface area (Å²) in [5.74, 6) is 0.362. The summed E-state index contributed by atoms with van der Waals surface area (Å²) in [6, 6.07) is 13.1. The van der Waals surface area contributed by atoms with Crippen LogP contribution < -0.4 is 4.74 Å². The molecule has 0 amide bonds. The van der Waals surface area contributed by atoms with Crippen molar-refractivity contribution in [3.05, 3.63) is 58.2 Å². The van der Waals surface area contributed by atoms with Crippen molar-refractivity contribution in [2.75, 3.05) is 6.61 Å². The van der Waals surface area contributed by atoms with Gasteiger partial charge in [-0.05, 0) is 31.2 Å². The van der Waals surface area contributed by atoms with Gasteiger partial charge >= 0.3 is 5.97 Å². The maximum absolute atomic E-state index is 11.7. The number of nitrogens with zero attached hydrogens (tertiary/aromatic N) is 1. The fraction of sp³-hybridized carbons (Fsp3) is 0.222. The van der Waals surface area contributed by atoms with Crippen molar-refractivity contribution in [2.45, 2.75) is 20.0 Å². The lowest BCUT2D eigenvalue weighted by Crippen LogP contribution is -2.09. The van der Waals surface area contributed by atoms with Gasteiger partial charge in [-0.2, -0.15) is 0 Å². The van der Waals surface area contributed by atoms with Gasteiger partial charge in [0.05, 0.1) is 13.0 Å². The molecule has 0 spiro atoms. The fourth-order valence-corrected chi connectivity index (χ4v) is 2.73. The van der Waals surface area contributed by atoms with Crippen LogP contribution in [-0.4, -0.2) is 17.7 Å². The zero-order valence-electron chi connectivity index (χ0n) is 13.1. The van der Waals surface area contributed by atoms with Crippen molar-refractivity contribution >= 4 is 32.9 Å². The number of rotatable bonds is 6. The van der Waals surface area contributed by atoms with Crippen molar-refractivity contribution in [1.82, 2.24) is 5.16 Å². The van der Waals surface area contributed by atoms with E-state index in [2.05, 4.69) is 21.1 Å². The topological polar surface area (TPSA) is 61.6 Å². The lowest BCUT2D eigenvalue weighted by molar-refractivity contribution is -0.142. The van der Waals surface area contributed by atoms with Crippen LogP contribution in [0.3, 0.4) is 0 Å². The predicted octanol–water partition coefficient (Wildman–Crippen LogP) is 4.27. The maximum atomic E-state index is 11.7. The van der Waals surface area contributed by atoms with E-state index in [4.69, 9.17) is 14.0 Å². The van der Waals surface area contributed by atoms with E-state index < -0.39 is 0 Å². The first-order valence-electron chi connectivity index (χ1n) is 7.57. The molecule has 1 aromatic heterocycles. The zero-order chi connectivity index (χ0) is 16.9. The van der Waals surface area contributed by atoms with Crippen molar-refractivity contribution < 1.29 is 18.8 Å². The number of benzene rings is 2. The minimum absolute atomic E-state index is 0.176. The number of esters is 1. The van der Waals surface area contributed by atoms with Crippen molar-refractivity contribution in [2.24, 2.45) is 0 Å². The third-order valence-electron chi connectivity index (χ3n) is 3.48. The SMILES string of the molecule is CCOC(=O)Cc1ccccc1OCc1noc2ccc(Br)cc12. The van der Waals surface area contributed by atoms with Gasteiger partial charge in [0.1, 0.15) is 18.1 Å². The van der Waals surface area contributed by atoms with Gasteiger partial charge in [-0.25, -0.2) is 0 Å². The Bertz CT molecular complexity index is 859. The number of aromatic nitrogens is 1. The largest absolute Gasteiger partial charge is 0.487 e. The number of carbonyl (C=O) groups is 1. The van der Waals surface area contributed by atoms with E-state index in [1.807, 2.05) is 42.5 Å². The van der Waals surface area contributed by atoms with E-state index >= 15 is 0 Å². The summed E-state index contributed by atoms with van der Waals surface area (Å²) in [6.07, 6.45) is 0.176. The Morgan fingerprint density at radius 2 is 2.08 bits per heavy atom. The van der Waals surface area contributed by atoms with Gasteiger partial charge in [-0.3, -0.25) is 4.79 Å². The van der Waals surface area contributed by atoms with Crippen molar-refractivity contribution in [1.29, 1.82) is 0 Å². The van der Waals surface area contributed by atoms with Gasteiger partial charge in [0, 0.05) is 15.4 Å². The van der Waals surface area contributed by atoms with Gasteiger partial charge in [0.2, 0.25) is 0 Å². The highest BCUT2D eigenvalue weighted by Gasteiger charge is 2.12. The van der Waals surface area contributed by atoms with Crippen LogP contribution in [0.15, 0.2) is 51.5 Å². The van der Waals surface area contributed by atoms with Crippen LogP contribution in [0.5, 0.6) is 5.75 Å². The predicted molar refractivity (Wildman–Crippen MR) is 92.8 cm³/mol. The zero-order valence-corrected chi connectivity index (χ0v) is 14.7. The lowest BCUT2D eigenvalue weighted by atomic mass is 10.1. The second-order valence-electron chi connectivity index (χ2n) is 5.15. The summed E-state index contributed by atoms with van der Waals surface area (Å²) in [6.45, 7) is 2.40. The van der Waals surface area contributed by atoms with E-state index in [-0.39, 0.29) is 19.0 Å². The molecule has 0 radical (unpaired) electrons. The molecule has 0 aliphatic rings. The molecule has 0 N–H and O–H groups in total. The molecule has 0 atom stereocenters. The van der Waals surface area contributed by atoms with Crippen LogP contribution in [0.25, 0.3) is 11.0 Å². The molecule has 0 aliphatic carbocycles. The van der Waals surface area contributed by atoms with Crippen LogP contribution in [0.1, 0.15) is 18.2 Å². The highest BCUT2D eigenvalue weighted by atomic mass is 79.9. The Balaban J connectivity index is 1.76. The van der Waals surface area contributed by atoms with Crippen LogP contribution in [0.2, 0.25) is 0 Å². The highest BCUT2D eigenvalue weighted by molar-refractivity contribution is 9.10. The van der Waals surface area contributed by atoms with E-state index in [9.17, 15) is 4.79 Å². The second kappa shape index (κ2) is 7.49. The summed E-state index contributed by atoms with van der Waals surface area (Å²) in [7, 11) is 0. The molecule has 24 heavy (non-hydrogen) atoms. The molecule has 0 saturated heterocycles. The molecule has 6 heteroatoms. The van der Waals surface area contributed by atoms with E-state index in [0.717, 1.165) is 15.4 Å². The van der Waals surface area contributed by atoms with Crippen LogP contribution in [0.4, 0.5) is 0 Å². The molecule has 3 aromatic rings. The summed E-state index contributed by atoms with van der Waals surface area (Å²) < 4.78 is 17.1. The number of ether oxygens (including phenoxy) is 2. The summed E-state index contributed by atoms with van der Waals surface area (Å²) in [4.78, 5) is 11.7. The number of carbonyl (C=O) groups excluding carboxylic acids is 1. The van der Waals surface area contributed by atoms with Gasteiger partial charge in [0.15, 0.2) is 5.58 Å². The van der Waals surface area contributed by atoms with E-state index in [1.54, 1.807) is 6.92 Å². The van der Waals surface area contributed by atoms with Crippen molar-refractivity contribution in [3.63, 3.8) is 0 Å². The fourth-order valence-electron chi connectivity index (χ4n) is 2.37. The summed E-state index contributed by atoms with van der Waals surface area (Å²) >= 11 is 3.44. The number of fused-ring (bicyclic) bond motifs is 1. The molecule has 124 valence electrons. The lowest BCUT2D eigenvalue weighted by Gasteiger charge is -2.10. The van der Waals surface area contributed by atoms with Gasteiger partial charge in [0.25, 0.3) is 0 Å². The second-order valence-corrected chi connectivity index (χ2v) is 6.06. The maximum Gasteiger partial charge on any atom is 0.310 e. The van der Waals surface area contributed by atoms with Gasteiger partial charge in [-0.15, -0.1) is 0 Å². The van der Waals surface area contributed by atoms with E-state index in [1.165, 1.54) is 0 Å². The molecular formula is C18H16BrNO4. The molecule has 0 saturated carbocycles. The Labute approximate surface area is 147 Å². The molecule has 5 nitrogen and oxygen atoms in total. The van der Waals surface area contributed by atoms with E-state index in [0.29, 0.717) is 23.6 Å². The van der Waals surface area contributed by atoms with Crippen molar-refractivity contribution in [3.8, 4) is 5.75 Å². The first-order valence-corrected chi connectivity index (χ1v) is 8.37. The average molecular weight is 390 g/mol. The third-order valence-corrected chi connectivity index (χ3v) is 3.98. The van der Waals surface area contributed by atoms with Crippen LogP contribution in [0, 0.1) is 0 Å². The van der Waals surface area contributed by atoms with Gasteiger partial charge < -0.3 is 14.0 Å². The monoisotopic (exact) mass is 389 g/mol. The number of hydrogen-bond donors (Lipinski definition) is 0. The molecule has 0 unspecified atom stereocenters. The third kappa shape index (κ3) is 3.76. The highest BCUT2D eigenvalue weighted by Crippen LogP contribution is 2.25. The molecule has 0 bridgehead atoms. The molecule has 3 rings (SSSR count). The van der Waals surface area contributed by atoms with Gasteiger partial charge in [-0.1, -0.05) is 39.3 Å². The molecule has 1 heterocycles. The quantitative estimate of drug-likeness (QED) is 0.588. The number of hydrogen-bond acceptors (Lipinski definition) is 5. The summed E-state index contributed by atoms with van der Waals surface area (Å²) in [5.41, 5.74) is 2.19. The van der Waals surface area contributed by atoms with Crippen LogP contribution >= 0.6 is 15.9 Å². The minimum Gasteiger partial charge on any atom is -0.487 e.